The lowest BCUT2D eigenvalue weighted by molar-refractivity contribution is -0.135. The first-order valence-electron chi connectivity index (χ1n) is 6.36. The highest BCUT2D eigenvalue weighted by Crippen LogP contribution is 2.18. The van der Waals surface area contributed by atoms with Crippen LogP contribution in [0.4, 0.5) is 0 Å². The Balaban J connectivity index is 2.79. The summed E-state index contributed by atoms with van der Waals surface area (Å²) >= 11 is 6.11. The van der Waals surface area contributed by atoms with Gasteiger partial charge in [-0.1, -0.05) is 36.7 Å². The zero-order chi connectivity index (χ0) is 13.5. The number of carbonyl (C=O) groups is 1. The van der Waals surface area contributed by atoms with E-state index >= 15 is 0 Å². The number of halogens is 1. The second kappa shape index (κ2) is 7.39. The number of hydrogen-bond acceptors (Lipinski definition) is 2. The number of amides is 1. The fraction of sp³-hybridized carbons (Fsp3) is 0.500. The Kier molecular flexibility index (Phi) is 6.16. The molecule has 1 aromatic rings. The molecule has 0 bridgehead atoms. The molecule has 0 aliphatic heterocycles. The summed E-state index contributed by atoms with van der Waals surface area (Å²) in [5.74, 6) is 0.0230. The van der Waals surface area contributed by atoms with Crippen molar-refractivity contribution in [3.8, 4) is 0 Å². The average Bonchev–Trinajstić information content (AvgIpc) is 2.39. The number of benzene rings is 1. The number of carbonyl (C=O) groups excluding carboxylic acids is 1. The summed E-state index contributed by atoms with van der Waals surface area (Å²) in [6.45, 7) is 5.57. The van der Waals surface area contributed by atoms with Crippen LogP contribution in [0, 0.1) is 5.92 Å². The fourth-order valence-electron chi connectivity index (χ4n) is 1.88. The third-order valence-corrected chi connectivity index (χ3v) is 3.51. The van der Waals surface area contributed by atoms with Gasteiger partial charge in [0, 0.05) is 24.7 Å². The highest BCUT2D eigenvalue weighted by atomic mass is 35.5. The van der Waals surface area contributed by atoms with E-state index in [2.05, 4.69) is 0 Å². The predicted octanol–water partition coefficient (Wildman–Crippen LogP) is 2.67. The topological polar surface area (TPSA) is 46.3 Å². The molecule has 3 nitrogen and oxygen atoms in total. The van der Waals surface area contributed by atoms with Gasteiger partial charge in [-0.05, 0) is 25.0 Å². The molecule has 1 amide bonds. The third-order valence-electron chi connectivity index (χ3n) is 3.14. The maximum Gasteiger partial charge on any atom is 0.227 e. The highest BCUT2D eigenvalue weighted by molar-refractivity contribution is 6.31. The van der Waals surface area contributed by atoms with Crippen LogP contribution in [-0.2, 0) is 11.3 Å². The van der Waals surface area contributed by atoms with Crippen LogP contribution >= 0.6 is 11.6 Å². The summed E-state index contributed by atoms with van der Waals surface area (Å²) in [4.78, 5) is 14.1. The molecule has 0 fully saturated rings. The van der Waals surface area contributed by atoms with Crippen LogP contribution in [-0.4, -0.2) is 23.9 Å². The normalized spacial score (nSPS) is 12.2. The number of hydrogen-bond donors (Lipinski definition) is 1. The Labute approximate surface area is 114 Å². The summed E-state index contributed by atoms with van der Waals surface area (Å²) in [6, 6.07) is 7.61. The van der Waals surface area contributed by atoms with Gasteiger partial charge < -0.3 is 10.6 Å². The molecule has 1 atom stereocenters. The predicted molar refractivity (Wildman–Crippen MR) is 75.4 cm³/mol. The zero-order valence-corrected chi connectivity index (χ0v) is 11.8. The summed E-state index contributed by atoms with van der Waals surface area (Å²) in [5, 5.41) is 0.699. The second-order valence-corrected chi connectivity index (χ2v) is 4.69. The smallest absolute Gasteiger partial charge is 0.227 e. The number of nitrogens with zero attached hydrogens (tertiary/aromatic N) is 1. The minimum Gasteiger partial charge on any atom is -0.338 e. The van der Waals surface area contributed by atoms with Crippen molar-refractivity contribution in [1.82, 2.24) is 4.90 Å². The quantitative estimate of drug-likeness (QED) is 0.862. The first kappa shape index (κ1) is 15.0. The summed E-state index contributed by atoms with van der Waals surface area (Å²) in [6.07, 6.45) is 0.772. The van der Waals surface area contributed by atoms with Crippen molar-refractivity contribution in [2.75, 3.05) is 13.1 Å². The Morgan fingerprint density at radius 1 is 1.39 bits per heavy atom. The molecule has 0 saturated carbocycles. The third kappa shape index (κ3) is 3.72. The SMILES string of the molecule is CCC(CN)C(=O)N(CC)Cc1ccccc1Cl. The molecule has 1 aromatic carbocycles. The van der Waals surface area contributed by atoms with Gasteiger partial charge in [-0.3, -0.25) is 4.79 Å². The fourth-order valence-corrected chi connectivity index (χ4v) is 2.07. The summed E-state index contributed by atoms with van der Waals surface area (Å²) < 4.78 is 0. The Bertz CT molecular complexity index is 391. The Morgan fingerprint density at radius 3 is 2.56 bits per heavy atom. The van der Waals surface area contributed by atoms with Crippen LogP contribution in [0.25, 0.3) is 0 Å². The van der Waals surface area contributed by atoms with E-state index < -0.39 is 0 Å². The molecule has 2 N–H and O–H groups in total. The second-order valence-electron chi connectivity index (χ2n) is 4.28. The van der Waals surface area contributed by atoms with Crippen LogP contribution in [0.2, 0.25) is 5.02 Å². The van der Waals surface area contributed by atoms with Gasteiger partial charge in [0.1, 0.15) is 0 Å². The van der Waals surface area contributed by atoms with Gasteiger partial charge in [0.05, 0.1) is 5.92 Å². The van der Waals surface area contributed by atoms with Gasteiger partial charge in [0.2, 0.25) is 5.91 Å². The first-order chi connectivity index (χ1) is 8.63. The Hall–Kier alpha value is -1.06. The molecule has 0 aromatic heterocycles. The van der Waals surface area contributed by atoms with Crippen molar-refractivity contribution in [1.29, 1.82) is 0 Å². The molecule has 0 spiro atoms. The molecular formula is C14H21ClN2O. The van der Waals surface area contributed by atoms with E-state index in [0.717, 1.165) is 12.0 Å². The molecule has 0 heterocycles. The molecule has 0 aliphatic rings. The van der Waals surface area contributed by atoms with Gasteiger partial charge in [0.15, 0.2) is 0 Å². The molecule has 1 rings (SSSR count). The molecule has 1 unspecified atom stereocenters. The molecule has 0 aliphatic carbocycles. The maximum atomic E-state index is 12.3. The molecule has 0 radical (unpaired) electrons. The first-order valence-corrected chi connectivity index (χ1v) is 6.74. The molecule has 0 saturated heterocycles. The van der Waals surface area contributed by atoms with Crippen molar-refractivity contribution in [2.24, 2.45) is 11.7 Å². The lowest BCUT2D eigenvalue weighted by Gasteiger charge is -2.25. The van der Waals surface area contributed by atoms with Crippen LogP contribution in [0.3, 0.4) is 0 Å². The monoisotopic (exact) mass is 268 g/mol. The largest absolute Gasteiger partial charge is 0.338 e. The van der Waals surface area contributed by atoms with Gasteiger partial charge in [-0.2, -0.15) is 0 Å². The van der Waals surface area contributed by atoms with Crippen molar-refractivity contribution in [3.05, 3.63) is 34.9 Å². The van der Waals surface area contributed by atoms with E-state index in [1.165, 1.54) is 0 Å². The van der Waals surface area contributed by atoms with Gasteiger partial charge in [-0.15, -0.1) is 0 Å². The van der Waals surface area contributed by atoms with E-state index in [4.69, 9.17) is 17.3 Å². The summed E-state index contributed by atoms with van der Waals surface area (Å²) in [7, 11) is 0. The standard InChI is InChI=1S/C14H21ClN2O/c1-3-11(9-16)14(18)17(4-2)10-12-7-5-6-8-13(12)15/h5-8,11H,3-4,9-10,16H2,1-2H3. The van der Waals surface area contributed by atoms with Gasteiger partial charge in [0.25, 0.3) is 0 Å². The lowest BCUT2D eigenvalue weighted by Crippen LogP contribution is -2.38. The molecule has 4 heteroatoms. The Morgan fingerprint density at radius 2 is 2.06 bits per heavy atom. The van der Waals surface area contributed by atoms with Crippen molar-refractivity contribution in [2.45, 2.75) is 26.8 Å². The van der Waals surface area contributed by atoms with E-state index in [9.17, 15) is 4.79 Å². The maximum absolute atomic E-state index is 12.3. The van der Waals surface area contributed by atoms with Crippen LogP contribution in [0.15, 0.2) is 24.3 Å². The van der Waals surface area contributed by atoms with E-state index in [-0.39, 0.29) is 11.8 Å². The number of nitrogens with two attached hydrogens (primary N) is 1. The van der Waals surface area contributed by atoms with Crippen LogP contribution in [0.5, 0.6) is 0 Å². The minimum atomic E-state index is -0.0903. The van der Waals surface area contributed by atoms with Gasteiger partial charge >= 0.3 is 0 Å². The zero-order valence-electron chi connectivity index (χ0n) is 11.0. The molecule has 100 valence electrons. The van der Waals surface area contributed by atoms with E-state index in [0.29, 0.717) is 24.7 Å². The average molecular weight is 269 g/mol. The minimum absolute atomic E-state index is 0.0903. The van der Waals surface area contributed by atoms with Crippen molar-refractivity contribution >= 4 is 17.5 Å². The van der Waals surface area contributed by atoms with Crippen LogP contribution in [0.1, 0.15) is 25.8 Å². The molecular weight excluding hydrogens is 248 g/mol. The highest BCUT2D eigenvalue weighted by Gasteiger charge is 2.21. The molecule has 18 heavy (non-hydrogen) atoms. The van der Waals surface area contributed by atoms with E-state index in [1.807, 2.05) is 43.0 Å². The van der Waals surface area contributed by atoms with E-state index in [1.54, 1.807) is 0 Å². The lowest BCUT2D eigenvalue weighted by atomic mass is 10.0. The van der Waals surface area contributed by atoms with Gasteiger partial charge in [-0.25, -0.2) is 0 Å². The van der Waals surface area contributed by atoms with Crippen LogP contribution < -0.4 is 5.73 Å². The van der Waals surface area contributed by atoms with Crippen molar-refractivity contribution in [3.63, 3.8) is 0 Å². The van der Waals surface area contributed by atoms with Crippen molar-refractivity contribution < 1.29 is 4.79 Å². The summed E-state index contributed by atoms with van der Waals surface area (Å²) in [5.41, 5.74) is 6.60. The number of rotatable bonds is 6.